The van der Waals surface area contributed by atoms with Crippen LogP contribution >= 0.6 is 24.0 Å². The number of ether oxygens (including phenoxy) is 3. The molecule has 4 rings (SSSR count). The summed E-state index contributed by atoms with van der Waals surface area (Å²) in [7, 11) is 3.49. The quantitative estimate of drug-likeness (QED) is 0.373. The van der Waals surface area contributed by atoms with Crippen LogP contribution in [0.5, 0.6) is 17.2 Å². The van der Waals surface area contributed by atoms with Crippen molar-refractivity contribution in [3.8, 4) is 17.2 Å². The second-order valence-corrected chi connectivity index (χ2v) is 7.20. The maximum absolute atomic E-state index is 5.90. The highest BCUT2D eigenvalue weighted by atomic mass is 127. The lowest BCUT2D eigenvalue weighted by atomic mass is 10.0. The highest BCUT2D eigenvalue weighted by Gasteiger charge is 2.23. The van der Waals surface area contributed by atoms with E-state index in [-0.39, 0.29) is 36.1 Å². The van der Waals surface area contributed by atoms with Crippen LogP contribution in [0.4, 0.5) is 0 Å². The molecular formula is C22H28IN3O3. The van der Waals surface area contributed by atoms with Crippen molar-refractivity contribution in [3.05, 3.63) is 53.1 Å². The van der Waals surface area contributed by atoms with Crippen LogP contribution in [0.2, 0.25) is 0 Å². The Bertz CT molecular complexity index is 888. The Labute approximate surface area is 189 Å². The number of benzene rings is 2. The predicted octanol–water partition coefficient (Wildman–Crippen LogP) is 3.83. The van der Waals surface area contributed by atoms with Gasteiger partial charge in [0, 0.05) is 43.1 Å². The second kappa shape index (κ2) is 9.56. The second-order valence-electron chi connectivity index (χ2n) is 7.20. The van der Waals surface area contributed by atoms with Crippen LogP contribution < -0.4 is 24.8 Å². The van der Waals surface area contributed by atoms with E-state index in [9.17, 15) is 0 Å². The molecule has 0 saturated carbocycles. The fourth-order valence-electron chi connectivity index (χ4n) is 3.84. The summed E-state index contributed by atoms with van der Waals surface area (Å²) in [5.74, 6) is 3.51. The molecule has 0 saturated heterocycles. The third-order valence-electron chi connectivity index (χ3n) is 5.24. The monoisotopic (exact) mass is 509 g/mol. The van der Waals surface area contributed by atoms with Gasteiger partial charge >= 0.3 is 0 Å². The van der Waals surface area contributed by atoms with Crippen molar-refractivity contribution in [1.82, 2.24) is 10.6 Å². The van der Waals surface area contributed by atoms with Gasteiger partial charge in [-0.25, -0.2) is 0 Å². The molecule has 2 N–H and O–H groups in total. The maximum Gasteiger partial charge on any atom is 0.191 e. The van der Waals surface area contributed by atoms with Crippen molar-refractivity contribution >= 4 is 29.9 Å². The van der Waals surface area contributed by atoms with Crippen LogP contribution in [0.1, 0.15) is 36.1 Å². The third-order valence-corrected chi connectivity index (χ3v) is 5.24. The number of methoxy groups -OCH3 is 1. The van der Waals surface area contributed by atoms with Crippen LogP contribution in [-0.2, 0) is 13.0 Å². The number of aliphatic imine (C=N–C) groups is 1. The molecule has 156 valence electrons. The molecule has 2 atom stereocenters. The number of nitrogens with one attached hydrogen (secondary N) is 2. The first-order valence-electron chi connectivity index (χ1n) is 9.73. The van der Waals surface area contributed by atoms with Crippen LogP contribution in [0, 0.1) is 0 Å². The van der Waals surface area contributed by atoms with Gasteiger partial charge in [-0.05, 0) is 25.1 Å². The zero-order valence-corrected chi connectivity index (χ0v) is 19.4. The van der Waals surface area contributed by atoms with Gasteiger partial charge in [-0.3, -0.25) is 4.99 Å². The maximum atomic E-state index is 5.90. The highest BCUT2D eigenvalue weighted by molar-refractivity contribution is 14.0. The summed E-state index contributed by atoms with van der Waals surface area (Å²) in [6, 6.07) is 12.5. The van der Waals surface area contributed by atoms with E-state index in [1.165, 1.54) is 5.56 Å². The van der Waals surface area contributed by atoms with E-state index in [2.05, 4.69) is 40.7 Å². The molecular weight excluding hydrogens is 481 g/mol. The van der Waals surface area contributed by atoms with Crippen LogP contribution in [0.3, 0.4) is 0 Å². The smallest absolute Gasteiger partial charge is 0.191 e. The predicted molar refractivity (Wildman–Crippen MR) is 125 cm³/mol. The number of rotatable bonds is 4. The van der Waals surface area contributed by atoms with Gasteiger partial charge in [0.15, 0.2) is 5.96 Å². The minimum Gasteiger partial charge on any atom is -0.496 e. The Morgan fingerprint density at radius 3 is 2.86 bits per heavy atom. The Morgan fingerprint density at radius 1 is 1.24 bits per heavy atom. The summed E-state index contributed by atoms with van der Waals surface area (Å²) in [5.41, 5.74) is 3.41. The van der Waals surface area contributed by atoms with E-state index in [1.807, 2.05) is 18.2 Å². The summed E-state index contributed by atoms with van der Waals surface area (Å²) in [5, 5.41) is 6.92. The number of guanidine groups is 1. The molecule has 2 heterocycles. The molecule has 2 aromatic rings. The minimum absolute atomic E-state index is 0. The molecule has 0 spiro atoms. The summed E-state index contributed by atoms with van der Waals surface area (Å²) < 4.78 is 17.2. The molecule has 6 nitrogen and oxygen atoms in total. The lowest BCUT2D eigenvalue weighted by molar-refractivity contribution is 0.254. The number of fused-ring (bicyclic) bond motifs is 2. The lowest BCUT2D eigenvalue weighted by Crippen LogP contribution is -2.40. The van der Waals surface area contributed by atoms with Crippen LogP contribution in [0.25, 0.3) is 0 Å². The molecule has 0 aliphatic carbocycles. The standard InChI is InChI=1S/C22H27N3O3.HI/c1-14-10-15-11-20(26-3)16(12-21(15)28-14)13-24-22(23-2)25-18-8-9-27-19-7-5-4-6-17(18)19;/h4-7,11-12,14,18H,8-10,13H2,1-3H3,(H2,23,24,25);1H. The summed E-state index contributed by atoms with van der Waals surface area (Å²) in [6.45, 7) is 3.38. The first kappa shape index (κ1) is 21.5. The molecule has 0 aromatic heterocycles. The molecule has 2 aliphatic heterocycles. The fraction of sp³-hybridized carbons (Fsp3) is 0.409. The van der Waals surface area contributed by atoms with E-state index in [0.717, 1.165) is 47.2 Å². The van der Waals surface area contributed by atoms with Crippen LogP contribution in [0.15, 0.2) is 41.4 Å². The summed E-state index contributed by atoms with van der Waals surface area (Å²) in [6.07, 6.45) is 2.03. The topological polar surface area (TPSA) is 64.1 Å². The van der Waals surface area contributed by atoms with Crippen molar-refractivity contribution in [2.45, 2.75) is 38.5 Å². The number of para-hydroxylation sites is 1. The molecule has 0 bridgehead atoms. The van der Waals surface area contributed by atoms with Gasteiger partial charge in [0.05, 0.1) is 19.8 Å². The van der Waals surface area contributed by atoms with E-state index in [0.29, 0.717) is 13.2 Å². The van der Waals surface area contributed by atoms with Gasteiger partial charge in [0.2, 0.25) is 0 Å². The molecule has 2 aromatic carbocycles. The van der Waals surface area contributed by atoms with Crippen molar-refractivity contribution in [2.75, 3.05) is 20.8 Å². The molecule has 2 aliphatic rings. The van der Waals surface area contributed by atoms with Crippen LogP contribution in [-0.4, -0.2) is 32.8 Å². The molecule has 0 amide bonds. The number of hydrogen-bond donors (Lipinski definition) is 2. The molecule has 29 heavy (non-hydrogen) atoms. The molecule has 0 fully saturated rings. The normalized spacial score (nSPS) is 19.8. The zero-order valence-electron chi connectivity index (χ0n) is 17.0. The van der Waals surface area contributed by atoms with Gasteiger partial charge in [0.1, 0.15) is 23.4 Å². The first-order valence-corrected chi connectivity index (χ1v) is 9.73. The van der Waals surface area contributed by atoms with Crippen molar-refractivity contribution in [2.24, 2.45) is 4.99 Å². The zero-order chi connectivity index (χ0) is 19.5. The summed E-state index contributed by atoms with van der Waals surface area (Å²) >= 11 is 0. The van der Waals surface area contributed by atoms with Gasteiger partial charge in [0.25, 0.3) is 0 Å². The van der Waals surface area contributed by atoms with Gasteiger partial charge < -0.3 is 24.8 Å². The largest absolute Gasteiger partial charge is 0.496 e. The number of nitrogens with zero attached hydrogens (tertiary/aromatic N) is 1. The fourth-order valence-corrected chi connectivity index (χ4v) is 3.84. The first-order chi connectivity index (χ1) is 13.7. The van der Waals surface area contributed by atoms with E-state index >= 15 is 0 Å². The van der Waals surface area contributed by atoms with Gasteiger partial charge in [-0.1, -0.05) is 18.2 Å². The summed E-state index contributed by atoms with van der Waals surface area (Å²) in [4.78, 5) is 4.39. The van der Waals surface area contributed by atoms with Gasteiger partial charge in [-0.15, -0.1) is 24.0 Å². The Hall–Kier alpha value is -2.16. The molecule has 2 unspecified atom stereocenters. The number of hydrogen-bond acceptors (Lipinski definition) is 4. The van der Waals surface area contributed by atoms with E-state index < -0.39 is 0 Å². The van der Waals surface area contributed by atoms with Crippen molar-refractivity contribution < 1.29 is 14.2 Å². The van der Waals surface area contributed by atoms with E-state index in [1.54, 1.807) is 14.2 Å². The highest BCUT2D eigenvalue weighted by Crippen LogP contribution is 2.35. The minimum atomic E-state index is 0. The molecule has 0 radical (unpaired) electrons. The van der Waals surface area contributed by atoms with E-state index in [4.69, 9.17) is 14.2 Å². The average molecular weight is 509 g/mol. The Kier molecular flexibility index (Phi) is 7.10. The van der Waals surface area contributed by atoms with Crippen molar-refractivity contribution in [1.29, 1.82) is 0 Å². The van der Waals surface area contributed by atoms with Crippen molar-refractivity contribution in [3.63, 3.8) is 0 Å². The number of halogens is 1. The Balaban J connectivity index is 0.00000240. The average Bonchev–Trinajstić information content (AvgIpc) is 3.09. The van der Waals surface area contributed by atoms with Gasteiger partial charge in [-0.2, -0.15) is 0 Å². The Morgan fingerprint density at radius 2 is 2.07 bits per heavy atom. The third kappa shape index (κ3) is 4.71. The molecule has 7 heteroatoms. The lowest BCUT2D eigenvalue weighted by Gasteiger charge is -2.28. The SMILES string of the molecule is CN=C(NCc1cc2c(cc1OC)CC(C)O2)NC1CCOc2ccccc21.I.